The predicted octanol–water partition coefficient (Wildman–Crippen LogP) is 3.71. The molecule has 0 saturated carbocycles. The summed E-state index contributed by atoms with van der Waals surface area (Å²) in [6.07, 6.45) is 3.51. The van der Waals surface area contributed by atoms with Crippen LogP contribution in [0, 0.1) is 24.7 Å². The maximum Gasteiger partial charge on any atom is 0.410 e. The molecule has 3 heterocycles. The van der Waals surface area contributed by atoms with Crippen molar-refractivity contribution in [3.05, 3.63) is 29.1 Å². The number of nitrogens with zero attached hydrogens (tertiary/aromatic N) is 2. The standard InChI is InChI=1S/C22H28N2O4/c1-14-10-15(13-19(23-14)20(25)27-5)6-7-16-11-17-8-9-18(12-16)24(17)21(26)28-22(2,3)4/h10,13,16-18H,8-9,11-12H2,1-5H3. The second kappa shape index (κ2) is 7.83. The topological polar surface area (TPSA) is 68.7 Å². The molecular formula is C22H28N2O4. The lowest BCUT2D eigenvalue weighted by atomic mass is 9.91. The molecule has 2 aliphatic heterocycles. The van der Waals surface area contributed by atoms with Crippen LogP contribution >= 0.6 is 0 Å². The molecule has 3 rings (SSSR count). The monoisotopic (exact) mass is 384 g/mol. The Morgan fingerprint density at radius 3 is 2.39 bits per heavy atom. The molecule has 2 aliphatic rings. The summed E-state index contributed by atoms with van der Waals surface area (Å²) in [6.45, 7) is 7.51. The zero-order valence-electron chi connectivity index (χ0n) is 17.2. The van der Waals surface area contributed by atoms with E-state index in [0.29, 0.717) is 0 Å². The fourth-order valence-corrected chi connectivity index (χ4v) is 4.04. The summed E-state index contributed by atoms with van der Waals surface area (Å²) in [7, 11) is 1.34. The van der Waals surface area contributed by atoms with E-state index in [2.05, 4.69) is 16.8 Å². The molecule has 6 nitrogen and oxygen atoms in total. The lowest BCUT2D eigenvalue weighted by molar-refractivity contribution is 0.00489. The molecule has 1 aromatic rings. The highest BCUT2D eigenvalue weighted by Crippen LogP contribution is 2.39. The van der Waals surface area contributed by atoms with Gasteiger partial charge in [0, 0.05) is 29.3 Å². The molecule has 2 unspecified atom stereocenters. The second-order valence-corrected chi connectivity index (χ2v) is 8.58. The summed E-state index contributed by atoms with van der Waals surface area (Å²) in [4.78, 5) is 30.4. The number of ether oxygens (including phenoxy) is 2. The van der Waals surface area contributed by atoms with Crippen molar-refractivity contribution in [2.24, 2.45) is 5.92 Å². The van der Waals surface area contributed by atoms with Crippen LogP contribution in [0.4, 0.5) is 4.79 Å². The van der Waals surface area contributed by atoms with Crippen molar-refractivity contribution >= 4 is 12.1 Å². The van der Waals surface area contributed by atoms with E-state index in [1.807, 2.05) is 38.7 Å². The van der Waals surface area contributed by atoms with Crippen molar-refractivity contribution in [1.29, 1.82) is 0 Å². The molecule has 28 heavy (non-hydrogen) atoms. The number of pyridine rings is 1. The van der Waals surface area contributed by atoms with Gasteiger partial charge in [-0.25, -0.2) is 14.6 Å². The molecule has 0 aliphatic carbocycles. The Balaban J connectivity index is 1.71. The van der Waals surface area contributed by atoms with Gasteiger partial charge >= 0.3 is 12.1 Å². The van der Waals surface area contributed by atoms with Gasteiger partial charge in [-0.3, -0.25) is 0 Å². The van der Waals surface area contributed by atoms with E-state index >= 15 is 0 Å². The summed E-state index contributed by atoms with van der Waals surface area (Å²) in [5.74, 6) is 6.31. The highest BCUT2D eigenvalue weighted by Gasteiger charge is 2.44. The average molecular weight is 384 g/mol. The Kier molecular flexibility index (Phi) is 5.64. The molecule has 2 fully saturated rings. The number of methoxy groups -OCH3 is 1. The number of hydrogen-bond donors (Lipinski definition) is 0. The third-order valence-electron chi connectivity index (χ3n) is 5.11. The quantitative estimate of drug-likeness (QED) is 0.545. The van der Waals surface area contributed by atoms with E-state index in [1.165, 1.54) is 7.11 Å². The molecule has 2 atom stereocenters. The largest absolute Gasteiger partial charge is 0.464 e. The summed E-state index contributed by atoms with van der Waals surface area (Å²) < 4.78 is 10.3. The number of piperidine rings is 1. The van der Waals surface area contributed by atoms with Crippen molar-refractivity contribution in [3.8, 4) is 11.8 Å². The number of amides is 1. The second-order valence-electron chi connectivity index (χ2n) is 8.58. The first-order valence-corrected chi connectivity index (χ1v) is 9.76. The van der Waals surface area contributed by atoms with Crippen LogP contribution in [0.5, 0.6) is 0 Å². The highest BCUT2D eigenvalue weighted by atomic mass is 16.6. The van der Waals surface area contributed by atoms with Gasteiger partial charge in [0.2, 0.25) is 0 Å². The number of aryl methyl sites for hydroxylation is 1. The average Bonchev–Trinajstić information content (AvgIpc) is 2.88. The van der Waals surface area contributed by atoms with Gasteiger partial charge in [-0.1, -0.05) is 11.8 Å². The molecule has 2 bridgehead atoms. The summed E-state index contributed by atoms with van der Waals surface area (Å²) in [5.41, 5.74) is 1.28. The normalized spacial score (nSPS) is 23.6. The maximum atomic E-state index is 12.5. The van der Waals surface area contributed by atoms with Gasteiger partial charge in [0.25, 0.3) is 0 Å². The van der Waals surface area contributed by atoms with Gasteiger partial charge in [0.1, 0.15) is 11.3 Å². The summed E-state index contributed by atoms with van der Waals surface area (Å²) in [5, 5.41) is 0. The Hall–Kier alpha value is -2.55. The molecule has 150 valence electrons. The number of esters is 1. The summed E-state index contributed by atoms with van der Waals surface area (Å²) in [6, 6.07) is 3.91. The molecule has 0 spiro atoms. The van der Waals surface area contributed by atoms with Gasteiger partial charge in [0.15, 0.2) is 0 Å². The number of hydrogen-bond acceptors (Lipinski definition) is 5. The molecule has 2 saturated heterocycles. The van der Waals surface area contributed by atoms with Crippen molar-refractivity contribution in [2.45, 2.75) is 71.1 Å². The summed E-state index contributed by atoms with van der Waals surface area (Å²) >= 11 is 0. The van der Waals surface area contributed by atoms with E-state index in [4.69, 9.17) is 9.47 Å². The smallest absolute Gasteiger partial charge is 0.410 e. The SMILES string of the molecule is COC(=O)c1cc(C#CC2CC3CCC(C2)N3C(=O)OC(C)(C)C)cc(C)n1. The first-order chi connectivity index (χ1) is 13.2. The van der Waals surface area contributed by atoms with Crippen LogP contribution in [0.1, 0.15) is 68.2 Å². The van der Waals surface area contributed by atoms with Gasteiger partial charge in [0.05, 0.1) is 7.11 Å². The molecular weight excluding hydrogens is 356 g/mol. The van der Waals surface area contributed by atoms with E-state index in [-0.39, 0.29) is 29.8 Å². The molecule has 1 amide bonds. The van der Waals surface area contributed by atoms with E-state index < -0.39 is 11.6 Å². The van der Waals surface area contributed by atoms with Gasteiger partial charge < -0.3 is 14.4 Å². The third kappa shape index (κ3) is 4.64. The minimum atomic E-state index is -0.482. The predicted molar refractivity (Wildman–Crippen MR) is 105 cm³/mol. The Bertz CT molecular complexity index is 817. The van der Waals surface area contributed by atoms with Gasteiger partial charge in [-0.05, 0) is 65.5 Å². The van der Waals surface area contributed by atoms with E-state index in [9.17, 15) is 9.59 Å². The van der Waals surface area contributed by atoms with Crippen LogP contribution in [0.15, 0.2) is 12.1 Å². The van der Waals surface area contributed by atoms with Gasteiger partial charge in [-0.2, -0.15) is 0 Å². The van der Waals surface area contributed by atoms with E-state index in [0.717, 1.165) is 36.9 Å². The van der Waals surface area contributed by atoms with Crippen LogP contribution in [-0.4, -0.2) is 46.7 Å². The fraction of sp³-hybridized carbons (Fsp3) is 0.591. The van der Waals surface area contributed by atoms with Crippen LogP contribution in [0.2, 0.25) is 0 Å². The van der Waals surface area contributed by atoms with Crippen molar-refractivity contribution in [1.82, 2.24) is 9.88 Å². The number of fused-ring (bicyclic) bond motifs is 2. The van der Waals surface area contributed by atoms with Crippen LogP contribution in [-0.2, 0) is 9.47 Å². The van der Waals surface area contributed by atoms with Crippen molar-refractivity contribution in [2.75, 3.05) is 7.11 Å². The van der Waals surface area contributed by atoms with Crippen LogP contribution in [0.3, 0.4) is 0 Å². The molecule has 0 N–H and O–H groups in total. The molecule has 0 aromatic carbocycles. The Labute approximate surface area is 166 Å². The number of carbonyl (C=O) groups is 2. The highest BCUT2D eigenvalue weighted by molar-refractivity contribution is 5.87. The molecule has 0 radical (unpaired) electrons. The minimum absolute atomic E-state index is 0.192. The number of carbonyl (C=O) groups excluding carboxylic acids is 2. The zero-order chi connectivity index (χ0) is 20.5. The number of aromatic nitrogens is 1. The molecule has 6 heteroatoms. The first kappa shape index (κ1) is 20.2. The van der Waals surface area contributed by atoms with Gasteiger partial charge in [-0.15, -0.1) is 0 Å². The lowest BCUT2D eigenvalue weighted by Crippen LogP contribution is -2.48. The van der Waals surface area contributed by atoms with E-state index in [1.54, 1.807) is 6.07 Å². The van der Waals surface area contributed by atoms with Crippen LogP contribution < -0.4 is 0 Å². The number of rotatable bonds is 1. The minimum Gasteiger partial charge on any atom is -0.464 e. The zero-order valence-corrected chi connectivity index (χ0v) is 17.2. The lowest BCUT2D eigenvalue weighted by Gasteiger charge is -2.38. The van der Waals surface area contributed by atoms with Crippen molar-refractivity contribution in [3.63, 3.8) is 0 Å². The fourth-order valence-electron chi connectivity index (χ4n) is 4.04. The van der Waals surface area contributed by atoms with Crippen LogP contribution in [0.25, 0.3) is 0 Å². The third-order valence-corrected chi connectivity index (χ3v) is 5.11. The molecule has 1 aromatic heterocycles. The Morgan fingerprint density at radius 1 is 1.18 bits per heavy atom. The maximum absolute atomic E-state index is 12.5. The first-order valence-electron chi connectivity index (χ1n) is 9.76. The Morgan fingerprint density at radius 2 is 1.82 bits per heavy atom. The van der Waals surface area contributed by atoms with Crippen molar-refractivity contribution < 1.29 is 19.1 Å².